The SMILES string of the molecule is O=C(CCC(=O)c1ccccc1)NC(CN1CCCC1)c1ccccc1. The topological polar surface area (TPSA) is 49.4 Å². The lowest BCUT2D eigenvalue weighted by Gasteiger charge is -2.25. The lowest BCUT2D eigenvalue weighted by molar-refractivity contribution is -0.121. The lowest BCUT2D eigenvalue weighted by atomic mass is 10.0. The monoisotopic (exact) mass is 350 g/mol. The first kappa shape index (κ1) is 18.3. The van der Waals surface area contributed by atoms with Gasteiger partial charge < -0.3 is 10.2 Å². The van der Waals surface area contributed by atoms with Crippen molar-refractivity contribution in [2.24, 2.45) is 0 Å². The highest BCUT2D eigenvalue weighted by Gasteiger charge is 2.21. The Morgan fingerprint density at radius 2 is 1.50 bits per heavy atom. The van der Waals surface area contributed by atoms with E-state index in [1.54, 1.807) is 12.1 Å². The van der Waals surface area contributed by atoms with E-state index in [0.717, 1.165) is 25.2 Å². The molecule has 1 unspecified atom stereocenters. The Morgan fingerprint density at radius 1 is 0.885 bits per heavy atom. The van der Waals surface area contributed by atoms with Crippen LogP contribution in [0.1, 0.15) is 47.6 Å². The van der Waals surface area contributed by atoms with Gasteiger partial charge in [0.05, 0.1) is 6.04 Å². The first-order valence-corrected chi connectivity index (χ1v) is 9.37. The summed E-state index contributed by atoms with van der Waals surface area (Å²) in [4.78, 5) is 27.0. The van der Waals surface area contributed by atoms with Gasteiger partial charge in [-0.05, 0) is 31.5 Å². The van der Waals surface area contributed by atoms with Gasteiger partial charge in [-0.2, -0.15) is 0 Å². The second kappa shape index (κ2) is 9.30. The van der Waals surface area contributed by atoms with Crippen LogP contribution in [0.4, 0.5) is 0 Å². The average Bonchev–Trinajstić information content (AvgIpc) is 3.20. The zero-order chi connectivity index (χ0) is 18.2. The molecule has 26 heavy (non-hydrogen) atoms. The maximum atomic E-state index is 12.5. The number of carbonyl (C=O) groups excluding carboxylic acids is 2. The molecule has 0 saturated carbocycles. The summed E-state index contributed by atoms with van der Waals surface area (Å²) in [6.45, 7) is 3.00. The number of hydrogen-bond acceptors (Lipinski definition) is 3. The van der Waals surface area contributed by atoms with Gasteiger partial charge in [0.2, 0.25) is 5.91 Å². The summed E-state index contributed by atoms with van der Waals surface area (Å²) in [5.74, 6) is -0.0566. The van der Waals surface area contributed by atoms with Gasteiger partial charge in [-0.1, -0.05) is 60.7 Å². The number of nitrogens with zero attached hydrogens (tertiary/aromatic N) is 1. The summed E-state index contributed by atoms with van der Waals surface area (Å²) in [7, 11) is 0. The molecule has 0 aliphatic carbocycles. The lowest BCUT2D eigenvalue weighted by Crippen LogP contribution is -2.37. The number of nitrogens with one attached hydrogen (secondary N) is 1. The molecular formula is C22H26N2O2. The molecule has 1 heterocycles. The van der Waals surface area contributed by atoms with Crippen LogP contribution >= 0.6 is 0 Å². The molecule has 0 aromatic heterocycles. The molecule has 3 rings (SSSR count). The molecule has 1 amide bonds. The van der Waals surface area contributed by atoms with Gasteiger partial charge in [0.15, 0.2) is 5.78 Å². The largest absolute Gasteiger partial charge is 0.348 e. The number of benzene rings is 2. The maximum Gasteiger partial charge on any atom is 0.220 e. The Kier molecular flexibility index (Phi) is 6.56. The first-order valence-electron chi connectivity index (χ1n) is 9.37. The van der Waals surface area contributed by atoms with Gasteiger partial charge >= 0.3 is 0 Å². The predicted octanol–water partition coefficient (Wildman–Crippen LogP) is 3.60. The molecule has 1 aliphatic heterocycles. The number of rotatable bonds is 8. The van der Waals surface area contributed by atoms with Crippen molar-refractivity contribution in [3.05, 3.63) is 71.8 Å². The van der Waals surface area contributed by atoms with E-state index in [2.05, 4.69) is 22.3 Å². The second-order valence-corrected chi connectivity index (χ2v) is 6.83. The van der Waals surface area contributed by atoms with Crippen molar-refractivity contribution in [1.82, 2.24) is 10.2 Å². The minimum atomic E-state index is -0.0673. The summed E-state index contributed by atoms with van der Waals surface area (Å²) >= 11 is 0. The van der Waals surface area contributed by atoms with Crippen LogP contribution in [0.25, 0.3) is 0 Å². The molecule has 4 nitrogen and oxygen atoms in total. The van der Waals surface area contributed by atoms with Crippen LogP contribution < -0.4 is 5.32 Å². The molecule has 1 saturated heterocycles. The van der Waals surface area contributed by atoms with Crippen molar-refractivity contribution in [2.75, 3.05) is 19.6 Å². The minimum absolute atomic E-state index is 0.0107. The third kappa shape index (κ3) is 5.27. The number of amides is 1. The van der Waals surface area contributed by atoms with Crippen molar-refractivity contribution < 1.29 is 9.59 Å². The predicted molar refractivity (Wildman–Crippen MR) is 103 cm³/mol. The molecule has 1 aliphatic rings. The van der Waals surface area contributed by atoms with Crippen molar-refractivity contribution >= 4 is 11.7 Å². The fourth-order valence-electron chi connectivity index (χ4n) is 3.41. The quantitative estimate of drug-likeness (QED) is 0.740. The molecule has 0 spiro atoms. The van der Waals surface area contributed by atoms with Crippen LogP contribution in [-0.2, 0) is 4.79 Å². The van der Waals surface area contributed by atoms with E-state index in [1.807, 2.05) is 36.4 Å². The zero-order valence-electron chi connectivity index (χ0n) is 15.1. The maximum absolute atomic E-state index is 12.5. The molecule has 4 heteroatoms. The van der Waals surface area contributed by atoms with Gasteiger partial charge in [0.1, 0.15) is 0 Å². The van der Waals surface area contributed by atoms with E-state index in [1.165, 1.54) is 12.8 Å². The van der Waals surface area contributed by atoms with E-state index in [-0.39, 0.29) is 30.6 Å². The number of likely N-dealkylation sites (tertiary alicyclic amines) is 1. The molecule has 0 radical (unpaired) electrons. The highest BCUT2D eigenvalue weighted by atomic mass is 16.2. The number of carbonyl (C=O) groups is 2. The van der Waals surface area contributed by atoms with Crippen molar-refractivity contribution in [1.29, 1.82) is 0 Å². The van der Waals surface area contributed by atoms with Crippen LogP contribution in [0.3, 0.4) is 0 Å². The van der Waals surface area contributed by atoms with Crippen LogP contribution in [0.2, 0.25) is 0 Å². The summed E-state index contributed by atoms with van der Waals surface area (Å²) < 4.78 is 0. The van der Waals surface area contributed by atoms with Crippen LogP contribution in [0, 0.1) is 0 Å². The number of Topliss-reactive ketones (excluding diaryl/α,β-unsaturated/α-hetero) is 1. The van der Waals surface area contributed by atoms with E-state index < -0.39 is 0 Å². The molecule has 1 atom stereocenters. The molecule has 1 fully saturated rings. The molecule has 136 valence electrons. The normalized spacial score (nSPS) is 15.5. The van der Waals surface area contributed by atoms with Crippen LogP contribution in [0.5, 0.6) is 0 Å². The molecule has 2 aromatic rings. The standard InChI is InChI=1S/C22H26N2O2/c25-21(19-11-5-2-6-12-19)13-14-22(26)23-20(17-24-15-7-8-16-24)18-9-3-1-4-10-18/h1-6,9-12,20H,7-8,13-17H2,(H,23,26). The summed E-state index contributed by atoms with van der Waals surface area (Å²) in [6, 6.07) is 19.2. The molecular weight excluding hydrogens is 324 g/mol. The fourth-order valence-corrected chi connectivity index (χ4v) is 3.41. The molecule has 2 aromatic carbocycles. The summed E-state index contributed by atoms with van der Waals surface area (Å²) in [5, 5.41) is 3.13. The number of ketones is 1. The summed E-state index contributed by atoms with van der Waals surface area (Å²) in [5.41, 5.74) is 1.78. The van der Waals surface area contributed by atoms with E-state index in [0.29, 0.717) is 5.56 Å². The summed E-state index contributed by atoms with van der Waals surface area (Å²) in [6.07, 6.45) is 2.90. The van der Waals surface area contributed by atoms with Gasteiger partial charge in [-0.3, -0.25) is 9.59 Å². The first-order chi connectivity index (χ1) is 12.7. The van der Waals surface area contributed by atoms with E-state index in [9.17, 15) is 9.59 Å². The average molecular weight is 350 g/mol. The highest BCUT2D eigenvalue weighted by Crippen LogP contribution is 2.18. The third-order valence-corrected chi connectivity index (χ3v) is 4.85. The Hall–Kier alpha value is -2.46. The second-order valence-electron chi connectivity index (χ2n) is 6.83. The molecule has 1 N–H and O–H groups in total. The van der Waals surface area contributed by atoms with Gasteiger partial charge in [0, 0.05) is 24.9 Å². The van der Waals surface area contributed by atoms with Crippen LogP contribution in [0.15, 0.2) is 60.7 Å². The Labute approximate surface area is 155 Å². The zero-order valence-corrected chi connectivity index (χ0v) is 15.1. The van der Waals surface area contributed by atoms with E-state index >= 15 is 0 Å². The Balaban J connectivity index is 1.57. The number of hydrogen-bond donors (Lipinski definition) is 1. The molecule has 0 bridgehead atoms. The van der Waals surface area contributed by atoms with Gasteiger partial charge in [0.25, 0.3) is 0 Å². The van der Waals surface area contributed by atoms with Crippen molar-refractivity contribution in [3.8, 4) is 0 Å². The van der Waals surface area contributed by atoms with Gasteiger partial charge in [-0.25, -0.2) is 0 Å². The minimum Gasteiger partial charge on any atom is -0.348 e. The fraction of sp³-hybridized carbons (Fsp3) is 0.364. The van der Waals surface area contributed by atoms with Crippen LogP contribution in [-0.4, -0.2) is 36.2 Å². The smallest absolute Gasteiger partial charge is 0.220 e. The van der Waals surface area contributed by atoms with Crippen molar-refractivity contribution in [2.45, 2.75) is 31.7 Å². The highest BCUT2D eigenvalue weighted by molar-refractivity contribution is 5.97. The third-order valence-electron chi connectivity index (χ3n) is 4.85. The Bertz CT molecular complexity index is 709. The van der Waals surface area contributed by atoms with Crippen molar-refractivity contribution in [3.63, 3.8) is 0 Å². The van der Waals surface area contributed by atoms with E-state index in [4.69, 9.17) is 0 Å². The van der Waals surface area contributed by atoms with Gasteiger partial charge in [-0.15, -0.1) is 0 Å². The Morgan fingerprint density at radius 3 is 2.15 bits per heavy atom.